The lowest BCUT2D eigenvalue weighted by molar-refractivity contribution is 0.00965. The number of hydrogen-bond donors (Lipinski definition) is 1. The molecule has 1 aromatic rings. The van der Waals surface area contributed by atoms with Gasteiger partial charge in [0.1, 0.15) is 0 Å². The molecule has 1 saturated heterocycles. The topological polar surface area (TPSA) is 43.4 Å². The van der Waals surface area contributed by atoms with Gasteiger partial charge in [0.25, 0.3) is 0 Å². The summed E-state index contributed by atoms with van der Waals surface area (Å²) in [6, 6.07) is 4.13. The molecule has 0 amide bonds. The molecule has 0 radical (unpaired) electrons. The highest BCUT2D eigenvalue weighted by Gasteiger charge is 2.15. The maximum Gasteiger partial charge on any atom is 0.0889 e. The smallest absolute Gasteiger partial charge is 0.0889 e. The van der Waals surface area contributed by atoms with Crippen molar-refractivity contribution >= 4 is 0 Å². The lowest BCUT2D eigenvalue weighted by atomic mass is 10.2. The molecular formula is C14H22N2O2. The van der Waals surface area contributed by atoms with E-state index in [4.69, 9.17) is 9.47 Å². The van der Waals surface area contributed by atoms with Gasteiger partial charge in [-0.15, -0.1) is 0 Å². The van der Waals surface area contributed by atoms with Crippen molar-refractivity contribution in [1.29, 1.82) is 0 Å². The first-order valence-electron chi connectivity index (χ1n) is 6.72. The molecular weight excluding hydrogens is 228 g/mol. The minimum absolute atomic E-state index is 0.290. The first kappa shape index (κ1) is 13.5. The third kappa shape index (κ3) is 4.37. The minimum atomic E-state index is 0.290. The lowest BCUT2D eigenvalue weighted by Gasteiger charge is -2.10. The van der Waals surface area contributed by atoms with Gasteiger partial charge in [-0.2, -0.15) is 0 Å². The van der Waals surface area contributed by atoms with E-state index in [0.29, 0.717) is 13.2 Å². The van der Waals surface area contributed by atoms with Gasteiger partial charge >= 0.3 is 0 Å². The van der Waals surface area contributed by atoms with Crippen LogP contribution in [0, 0.1) is 0 Å². The van der Waals surface area contributed by atoms with Crippen molar-refractivity contribution in [2.75, 3.05) is 19.8 Å². The summed E-state index contributed by atoms with van der Waals surface area (Å²) >= 11 is 0. The van der Waals surface area contributed by atoms with Gasteiger partial charge < -0.3 is 14.8 Å². The molecule has 1 atom stereocenters. The van der Waals surface area contributed by atoms with Crippen molar-refractivity contribution in [3.63, 3.8) is 0 Å². The molecule has 0 bridgehead atoms. The maximum atomic E-state index is 5.62. The summed E-state index contributed by atoms with van der Waals surface area (Å²) in [5.74, 6) is 0. The number of ether oxygens (including phenoxy) is 2. The Kier molecular flexibility index (Phi) is 5.58. The van der Waals surface area contributed by atoms with E-state index < -0.39 is 0 Å². The van der Waals surface area contributed by atoms with E-state index in [1.165, 1.54) is 5.56 Å². The Bertz CT molecular complexity index is 334. The summed E-state index contributed by atoms with van der Waals surface area (Å²) in [5.41, 5.74) is 2.19. The second-order valence-electron chi connectivity index (χ2n) is 4.59. The molecule has 18 heavy (non-hydrogen) atoms. The van der Waals surface area contributed by atoms with Crippen molar-refractivity contribution in [3.05, 3.63) is 29.6 Å². The molecule has 2 rings (SSSR count). The molecule has 100 valence electrons. The fourth-order valence-corrected chi connectivity index (χ4v) is 1.99. The van der Waals surface area contributed by atoms with E-state index in [1.807, 2.05) is 12.3 Å². The highest BCUT2D eigenvalue weighted by atomic mass is 16.5. The molecule has 1 unspecified atom stereocenters. The van der Waals surface area contributed by atoms with Crippen LogP contribution in [0.15, 0.2) is 18.3 Å². The number of nitrogens with one attached hydrogen (secondary N) is 1. The lowest BCUT2D eigenvalue weighted by Crippen LogP contribution is -2.14. The Labute approximate surface area is 109 Å². The molecule has 1 aromatic heterocycles. The molecule has 1 N–H and O–H groups in total. The van der Waals surface area contributed by atoms with Crippen LogP contribution in [-0.4, -0.2) is 30.8 Å². The van der Waals surface area contributed by atoms with Crippen LogP contribution in [0.2, 0.25) is 0 Å². The summed E-state index contributed by atoms with van der Waals surface area (Å²) < 4.78 is 11.1. The van der Waals surface area contributed by atoms with Gasteiger partial charge in [-0.1, -0.05) is 13.0 Å². The summed E-state index contributed by atoms with van der Waals surface area (Å²) in [6.45, 7) is 6.08. The van der Waals surface area contributed by atoms with Crippen LogP contribution in [0.3, 0.4) is 0 Å². The van der Waals surface area contributed by atoms with Gasteiger partial charge in [0.2, 0.25) is 0 Å². The fourth-order valence-electron chi connectivity index (χ4n) is 1.99. The van der Waals surface area contributed by atoms with Crippen molar-refractivity contribution < 1.29 is 9.47 Å². The largest absolute Gasteiger partial charge is 0.376 e. The summed E-state index contributed by atoms with van der Waals surface area (Å²) in [5, 5.41) is 3.28. The predicted octanol–water partition coefficient (Wildman–Crippen LogP) is 1.89. The third-order valence-electron chi connectivity index (χ3n) is 3.04. The number of hydrogen-bond acceptors (Lipinski definition) is 4. The normalized spacial score (nSPS) is 19.3. The quantitative estimate of drug-likeness (QED) is 0.802. The van der Waals surface area contributed by atoms with Gasteiger partial charge in [-0.05, 0) is 31.0 Å². The van der Waals surface area contributed by atoms with Crippen LogP contribution in [0.4, 0.5) is 0 Å². The number of nitrogens with zero attached hydrogens (tertiary/aromatic N) is 1. The summed E-state index contributed by atoms with van der Waals surface area (Å²) in [7, 11) is 0. The molecule has 0 aromatic carbocycles. The zero-order valence-electron chi connectivity index (χ0n) is 11.0. The van der Waals surface area contributed by atoms with Gasteiger partial charge in [-0.3, -0.25) is 4.98 Å². The Morgan fingerprint density at radius 2 is 2.44 bits per heavy atom. The first-order chi connectivity index (χ1) is 8.88. The number of aromatic nitrogens is 1. The molecule has 0 aliphatic carbocycles. The van der Waals surface area contributed by atoms with Crippen LogP contribution >= 0.6 is 0 Å². The Morgan fingerprint density at radius 1 is 1.50 bits per heavy atom. The SMILES string of the molecule is CCNCc1ccc(COCC2CCCO2)nc1. The van der Waals surface area contributed by atoms with E-state index in [2.05, 4.69) is 23.3 Å². The zero-order valence-corrected chi connectivity index (χ0v) is 11.0. The highest BCUT2D eigenvalue weighted by Crippen LogP contribution is 2.12. The number of rotatable bonds is 7. The Morgan fingerprint density at radius 3 is 3.11 bits per heavy atom. The van der Waals surface area contributed by atoms with Gasteiger partial charge in [-0.25, -0.2) is 0 Å². The van der Waals surface area contributed by atoms with Crippen LogP contribution in [0.1, 0.15) is 31.0 Å². The van der Waals surface area contributed by atoms with Crippen LogP contribution in [0.5, 0.6) is 0 Å². The van der Waals surface area contributed by atoms with Gasteiger partial charge in [0, 0.05) is 19.3 Å². The molecule has 4 heteroatoms. The standard InChI is InChI=1S/C14H22N2O2/c1-2-15-8-12-5-6-13(16-9-12)10-17-11-14-4-3-7-18-14/h5-6,9,14-15H,2-4,7-8,10-11H2,1H3. The highest BCUT2D eigenvalue weighted by molar-refractivity contribution is 5.13. The average molecular weight is 250 g/mol. The predicted molar refractivity (Wildman–Crippen MR) is 70.2 cm³/mol. The van der Waals surface area contributed by atoms with Crippen molar-refractivity contribution in [3.8, 4) is 0 Å². The van der Waals surface area contributed by atoms with Crippen LogP contribution in [-0.2, 0) is 22.6 Å². The Balaban J connectivity index is 1.68. The molecule has 4 nitrogen and oxygen atoms in total. The summed E-state index contributed by atoms with van der Waals surface area (Å²) in [6.07, 6.45) is 4.48. The van der Waals surface area contributed by atoms with E-state index in [-0.39, 0.29) is 6.10 Å². The van der Waals surface area contributed by atoms with E-state index in [9.17, 15) is 0 Å². The molecule has 1 aliphatic heterocycles. The van der Waals surface area contributed by atoms with Gasteiger partial charge in [0.05, 0.1) is 25.0 Å². The molecule has 1 aliphatic rings. The molecule has 0 saturated carbocycles. The summed E-state index contributed by atoms with van der Waals surface area (Å²) in [4.78, 5) is 4.39. The van der Waals surface area contributed by atoms with E-state index in [1.54, 1.807) is 0 Å². The van der Waals surface area contributed by atoms with Crippen molar-refractivity contribution in [2.24, 2.45) is 0 Å². The minimum Gasteiger partial charge on any atom is -0.376 e. The number of pyridine rings is 1. The molecule has 2 heterocycles. The maximum absolute atomic E-state index is 5.62. The van der Waals surface area contributed by atoms with Crippen LogP contribution < -0.4 is 5.32 Å². The van der Waals surface area contributed by atoms with Crippen molar-refractivity contribution in [2.45, 2.75) is 39.0 Å². The fraction of sp³-hybridized carbons (Fsp3) is 0.643. The molecule has 0 spiro atoms. The second-order valence-corrected chi connectivity index (χ2v) is 4.59. The van der Waals surface area contributed by atoms with Crippen LogP contribution in [0.25, 0.3) is 0 Å². The van der Waals surface area contributed by atoms with Gasteiger partial charge in [0.15, 0.2) is 0 Å². The Hall–Kier alpha value is -0.970. The second kappa shape index (κ2) is 7.46. The third-order valence-corrected chi connectivity index (χ3v) is 3.04. The zero-order chi connectivity index (χ0) is 12.6. The van der Waals surface area contributed by atoms with Crippen molar-refractivity contribution in [1.82, 2.24) is 10.3 Å². The average Bonchev–Trinajstić information content (AvgIpc) is 2.91. The van der Waals surface area contributed by atoms with E-state index in [0.717, 1.165) is 38.2 Å². The first-order valence-corrected chi connectivity index (χ1v) is 6.72. The monoisotopic (exact) mass is 250 g/mol. The molecule has 1 fully saturated rings. The van der Waals surface area contributed by atoms with E-state index >= 15 is 0 Å².